The van der Waals surface area contributed by atoms with Crippen LogP contribution in [0.2, 0.25) is 5.02 Å². The van der Waals surface area contributed by atoms with Crippen molar-refractivity contribution in [2.75, 3.05) is 12.4 Å². The van der Waals surface area contributed by atoms with Gasteiger partial charge in [0.05, 0.1) is 19.0 Å². The highest BCUT2D eigenvalue weighted by Gasteiger charge is 2.07. The Kier molecular flexibility index (Phi) is 4.12. The van der Waals surface area contributed by atoms with E-state index >= 15 is 0 Å². The highest BCUT2D eigenvalue weighted by atomic mass is 35.5. The van der Waals surface area contributed by atoms with Crippen LogP contribution in [0.15, 0.2) is 49.3 Å². The van der Waals surface area contributed by atoms with Crippen LogP contribution in [0.3, 0.4) is 0 Å². The summed E-state index contributed by atoms with van der Waals surface area (Å²) in [5.74, 6) is 0.715. The lowest BCUT2D eigenvalue weighted by molar-refractivity contribution is 0.410. The molecule has 0 fully saturated rings. The maximum atomic E-state index is 9.60. The second-order valence-electron chi connectivity index (χ2n) is 5.05. The number of aliphatic hydroxyl groups excluding tert-OH is 1. The number of hydrogen-bond acceptors (Lipinski definition) is 4. The van der Waals surface area contributed by atoms with Crippen LogP contribution in [0, 0.1) is 0 Å². The van der Waals surface area contributed by atoms with E-state index in [9.17, 15) is 5.11 Å². The van der Waals surface area contributed by atoms with Crippen molar-refractivity contribution in [3.8, 4) is 5.75 Å². The molecular formula is C17H16ClN3O2. The van der Waals surface area contributed by atoms with Gasteiger partial charge in [0.2, 0.25) is 0 Å². The predicted octanol–water partition coefficient (Wildman–Crippen LogP) is 4.14. The number of hydrogen-bond donors (Lipinski definition) is 2. The second-order valence-corrected chi connectivity index (χ2v) is 5.48. The van der Waals surface area contributed by atoms with Gasteiger partial charge in [-0.15, -0.1) is 0 Å². The van der Waals surface area contributed by atoms with Crippen molar-refractivity contribution in [3.63, 3.8) is 0 Å². The van der Waals surface area contributed by atoms with Gasteiger partial charge in [-0.3, -0.25) is 4.40 Å². The van der Waals surface area contributed by atoms with Gasteiger partial charge in [0.15, 0.2) is 0 Å². The SMILES string of the molecule is C=C(O)c1cnc2ccc(NCc3ccc(Cl)cc3OC)cn12. The first-order chi connectivity index (χ1) is 11.1. The molecule has 0 spiro atoms. The molecule has 3 rings (SSSR count). The van der Waals surface area contributed by atoms with Crippen LogP contribution in [0.4, 0.5) is 5.69 Å². The summed E-state index contributed by atoms with van der Waals surface area (Å²) in [7, 11) is 1.62. The Morgan fingerprint density at radius 3 is 2.96 bits per heavy atom. The van der Waals surface area contributed by atoms with Gasteiger partial charge < -0.3 is 15.2 Å². The molecule has 2 N–H and O–H groups in total. The number of nitrogens with one attached hydrogen (secondary N) is 1. The third-order valence-corrected chi connectivity index (χ3v) is 3.77. The molecule has 3 aromatic rings. The number of pyridine rings is 1. The van der Waals surface area contributed by atoms with Crippen molar-refractivity contribution >= 4 is 28.7 Å². The molecule has 118 valence electrons. The van der Waals surface area contributed by atoms with Gasteiger partial charge in [0.25, 0.3) is 0 Å². The number of aliphatic hydroxyl groups is 1. The predicted molar refractivity (Wildman–Crippen MR) is 92.2 cm³/mol. The first-order valence-corrected chi connectivity index (χ1v) is 7.38. The number of fused-ring (bicyclic) bond motifs is 1. The molecule has 0 aliphatic carbocycles. The minimum absolute atomic E-state index is 0.0194. The minimum Gasteiger partial charge on any atom is -0.506 e. The molecule has 2 heterocycles. The zero-order chi connectivity index (χ0) is 16.4. The first-order valence-electron chi connectivity index (χ1n) is 7.00. The van der Waals surface area contributed by atoms with Gasteiger partial charge in [-0.25, -0.2) is 4.98 Å². The molecule has 0 saturated carbocycles. The van der Waals surface area contributed by atoms with E-state index in [0.29, 0.717) is 17.3 Å². The van der Waals surface area contributed by atoms with E-state index in [0.717, 1.165) is 22.6 Å². The van der Waals surface area contributed by atoms with Crippen LogP contribution >= 0.6 is 11.6 Å². The summed E-state index contributed by atoms with van der Waals surface area (Å²) in [6.45, 7) is 4.13. The molecule has 0 atom stereocenters. The van der Waals surface area contributed by atoms with E-state index in [2.05, 4.69) is 16.9 Å². The van der Waals surface area contributed by atoms with Gasteiger partial charge >= 0.3 is 0 Å². The monoisotopic (exact) mass is 329 g/mol. The van der Waals surface area contributed by atoms with Crippen LogP contribution in [0.1, 0.15) is 11.3 Å². The number of anilines is 1. The Morgan fingerprint density at radius 2 is 2.22 bits per heavy atom. The van der Waals surface area contributed by atoms with Crippen LogP contribution < -0.4 is 10.1 Å². The fourth-order valence-electron chi connectivity index (χ4n) is 2.36. The van der Waals surface area contributed by atoms with Crippen molar-refractivity contribution in [2.45, 2.75) is 6.54 Å². The van der Waals surface area contributed by atoms with E-state index in [-0.39, 0.29) is 5.76 Å². The summed E-state index contributed by atoms with van der Waals surface area (Å²) in [6.07, 6.45) is 3.45. The van der Waals surface area contributed by atoms with Crippen LogP contribution in [0.5, 0.6) is 5.75 Å². The number of halogens is 1. The average Bonchev–Trinajstić information content (AvgIpc) is 2.96. The molecule has 0 aliphatic heterocycles. The van der Waals surface area contributed by atoms with E-state index < -0.39 is 0 Å². The van der Waals surface area contributed by atoms with E-state index in [1.54, 1.807) is 23.8 Å². The molecule has 2 aromatic heterocycles. The van der Waals surface area contributed by atoms with Gasteiger partial charge in [0, 0.05) is 23.3 Å². The summed E-state index contributed by atoms with van der Waals surface area (Å²) in [6, 6.07) is 9.33. The second kappa shape index (κ2) is 6.22. The molecule has 0 unspecified atom stereocenters. The van der Waals surface area contributed by atoms with Crippen LogP contribution in [-0.2, 0) is 6.54 Å². The lowest BCUT2D eigenvalue weighted by atomic mass is 10.2. The number of aromatic nitrogens is 2. The molecule has 0 saturated heterocycles. The van der Waals surface area contributed by atoms with Crippen LogP contribution in [-0.4, -0.2) is 21.6 Å². The summed E-state index contributed by atoms with van der Waals surface area (Å²) in [5, 5.41) is 13.6. The van der Waals surface area contributed by atoms with E-state index in [1.165, 1.54) is 0 Å². The van der Waals surface area contributed by atoms with Crippen LogP contribution in [0.25, 0.3) is 11.4 Å². The average molecular weight is 330 g/mol. The van der Waals surface area contributed by atoms with Crippen molar-refractivity contribution in [1.82, 2.24) is 9.38 Å². The molecule has 6 heteroatoms. The number of rotatable bonds is 5. The Morgan fingerprint density at radius 1 is 1.39 bits per heavy atom. The smallest absolute Gasteiger partial charge is 0.137 e. The highest BCUT2D eigenvalue weighted by molar-refractivity contribution is 6.30. The lowest BCUT2D eigenvalue weighted by Crippen LogP contribution is -2.03. The zero-order valence-electron chi connectivity index (χ0n) is 12.6. The first kappa shape index (κ1) is 15.2. The Hall–Kier alpha value is -2.66. The van der Waals surface area contributed by atoms with Gasteiger partial charge in [-0.2, -0.15) is 0 Å². The zero-order valence-corrected chi connectivity index (χ0v) is 13.3. The van der Waals surface area contributed by atoms with E-state index in [4.69, 9.17) is 16.3 Å². The maximum absolute atomic E-state index is 9.60. The maximum Gasteiger partial charge on any atom is 0.137 e. The molecule has 23 heavy (non-hydrogen) atoms. The van der Waals surface area contributed by atoms with Gasteiger partial charge in [-0.05, 0) is 24.3 Å². The lowest BCUT2D eigenvalue weighted by Gasteiger charge is -2.11. The van der Waals surface area contributed by atoms with Gasteiger partial charge in [-0.1, -0.05) is 24.2 Å². The number of benzene rings is 1. The third kappa shape index (κ3) is 3.10. The van der Waals surface area contributed by atoms with E-state index in [1.807, 2.05) is 30.5 Å². The summed E-state index contributed by atoms with van der Waals surface area (Å²) < 4.78 is 7.12. The van der Waals surface area contributed by atoms with Crippen molar-refractivity contribution in [3.05, 3.63) is 65.6 Å². The minimum atomic E-state index is -0.0194. The van der Waals surface area contributed by atoms with Crippen molar-refractivity contribution < 1.29 is 9.84 Å². The fraction of sp³-hybridized carbons (Fsp3) is 0.118. The number of ether oxygens (including phenoxy) is 1. The fourth-order valence-corrected chi connectivity index (χ4v) is 2.52. The summed E-state index contributed by atoms with van der Waals surface area (Å²) in [4.78, 5) is 4.22. The Bertz CT molecular complexity index is 873. The number of imidazole rings is 1. The molecule has 5 nitrogen and oxygen atoms in total. The molecule has 0 bridgehead atoms. The van der Waals surface area contributed by atoms with Crippen molar-refractivity contribution in [1.29, 1.82) is 0 Å². The van der Waals surface area contributed by atoms with Gasteiger partial charge in [0.1, 0.15) is 22.8 Å². The quantitative estimate of drug-likeness (QED) is 0.691. The molecule has 0 radical (unpaired) electrons. The number of nitrogens with zero attached hydrogens (tertiary/aromatic N) is 2. The highest BCUT2D eigenvalue weighted by Crippen LogP contribution is 2.24. The normalized spacial score (nSPS) is 10.7. The molecular weight excluding hydrogens is 314 g/mol. The largest absolute Gasteiger partial charge is 0.506 e. The van der Waals surface area contributed by atoms with Crippen molar-refractivity contribution in [2.24, 2.45) is 0 Å². The summed E-state index contributed by atoms with van der Waals surface area (Å²) in [5.41, 5.74) is 3.18. The molecule has 1 aromatic carbocycles. The Balaban J connectivity index is 1.84. The Labute approximate surface area is 138 Å². The third-order valence-electron chi connectivity index (χ3n) is 3.53. The standard InChI is InChI=1S/C17H16ClN3O2/c1-11(22)15-9-20-17-6-5-14(10-21(15)17)19-8-12-3-4-13(18)7-16(12)23-2/h3-7,9-10,19,22H,1,8H2,2H3. The topological polar surface area (TPSA) is 58.8 Å². The summed E-state index contributed by atoms with van der Waals surface area (Å²) >= 11 is 5.97. The number of methoxy groups -OCH3 is 1. The molecule has 0 aliphatic rings. The molecule has 0 amide bonds.